The zero-order valence-electron chi connectivity index (χ0n) is 10.9. The maximum atomic E-state index is 13.4. The third-order valence-corrected chi connectivity index (χ3v) is 3.42. The Labute approximate surface area is 114 Å². The van der Waals surface area contributed by atoms with Crippen LogP contribution in [0, 0.1) is 12.7 Å². The van der Waals surface area contributed by atoms with Crippen LogP contribution in [0.15, 0.2) is 18.2 Å². The lowest BCUT2D eigenvalue weighted by atomic mass is 10.1. The number of benzene rings is 1. The molecular weight excluding hydrogens is 263 g/mol. The van der Waals surface area contributed by atoms with E-state index in [1.54, 1.807) is 6.07 Å². The first-order valence-corrected chi connectivity index (χ1v) is 6.26. The molecule has 2 heterocycles. The minimum Gasteiger partial charge on any atom is -0.476 e. The van der Waals surface area contributed by atoms with Crippen molar-refractivity contribution in [1.29, 1.82) is 0 Å². The zero-order valence-corrected chi connectivity index (χ0v) is 10.9. The third-order valence-electron chi connectivity index (χ3n) is 3.42. The SMILES string of the molecule is Cc1ccc(F)cc1-n1nc(C(=O)O)c2c1CCOC2. The van der Waals surface area contributed by atoms with E-state index in [0.717, 1.165) is 11.3 Å². The van der Waals surface area contributed by atoms with Gasteiger partial charge in [0.2, 0.25) is 0 Å². The average molecular weight is 276 g/mol. The Morgan fingerprint density at radius 2 is 2.30 bits per heavy atom. The number of carboxylic acid groups (broad SMARTS) is 1. The number of halogens is 1. The highest BCUT2D eigenvalue weighted by Gasteiger charge is 2.26. The highest BCUT2D eigenvalue weighted by atomic mass is 19.1. The molecule has 0 fully saturated rings. The molecule has 1 aliphatic heterocycles. The van der Waals surface area contributed by atoms with Crippen LogP contribution in [0.2, 0.25) is 0 Å². The lowest BCUT2D eigenvalue weighted by molar-refractivity contribution is 0.0677. The Balaban J connectivity index is 2.23. The summed E-state index contributed by atoms with van der Waals surface area (Å²) in [4.78, 5) is 11.3. The Hall–Kier alpha value is -2.21. The quantitative estimate of drug-likeness (QED) is 0.912. The average Bonchev–Trinajstić information content (AvgIpc) is 2.81. The van der Waals surface area contributed by atoms with Crippen molar-refractivity contribution in [1.82, 2.24) is 9.78 Å². The van der Waals surface area contributed by atoms with Gasteiger partial charge in [-0.3, -0.25) is 0 Å². The molecule has 3 rings (SSSR count). The summed E-state index contributed by atoms with van der Waals surface area (Å²) >= 11 is 0. The number of carboxylic acids is 1. The van der Waals surface area contributed by atoms with E-state index in [2.05, 4.69) is 5.10 Å². The lowest BCUT2D eigenvalue weighted by Gasteiger charge is -2.15. The lowest BCUT2D eigenvalue weighted by Crippen LogP contribution is -2.14. The molecule has 0 saturated heterocycles. The molecule has 1 aliphatic rings. The van der Waals surface area contributed by atoms with E-state index >= 15 is 0 Å². The molecule has 0 amide bonds. The van der Waals surface area contributed by atoms with Gasteiger partial charge >= 0.3 is 5.97 Å². The van der Waals surface area contributed by atoms with E-state index in [1.165, 1.54) is 16.8 Å². The second-order valence-corrected chi connectivity index (χ2v) is 4.72. The molecule has 0 bridgehead atoms. The maximum absolute atomic E-state index is 13.4. The molecule has 0 radical (unpaired) electrons. The van der Waals surface area contributed by atoms with Crippen molar-refractivity contribution in [3.05, 3.63) is 46.5 Å². The molecule has 5 nitrogen and oxygen atoms in total. The fourth-order valence-electron chi connectivity index (χ4n) is 2.42. The molecule has 0 saturated carbocycles. The van der Waals surface area contributed by atoms with E-state index in [1.807, 2.05) is 6.92 Å². The number of aromatic nitrogens is 2. The van der Waals surface area contributed by atoms with Gasteiger partial charge in [-0.15, -0.1) is 0 Å². The Morgan fingerprint density at radius 1 is 1.50 bits per heavy atom. The summed E-state index contributed by atoms with van der Waals surface area (Å²) in [7, 11) is 0. The van der Waals surface area contributed by atoms with Gasteiger partial charge in [-0.2, -0.15) is 5.10 Å². The van der Waals surface area contributed by atoms with Crippen LogP contribution in [0.1, 0.15) is 27.3 Å². The van der Waals surface area contributed by atoms with Crippen LogP contribution in [0.4, 0.5) is 4.39 Å². The van der Waals surface area contributed by atoms with Crippen LogP contribution in [0.25, 0.3) is 5.69 Å². The monoisotopic (exact) mass is 276 g/mol. The van der Waals surface area contributed by atoms with Gasteiger partial charge in [-0.05, 0) is 24.6 Å². The van der Waals surface area contributed by atoms with E-state index < -0.39 is 5.97 Å². The number of carbonyl (C=O) groups is 1. The first-order valence-electron chi connectivity index (χ1n) is 6.26. The van der Waals surface area contributed by atoms with Crippen LogP contribution >= 0.6 is 0 Å². The standard InChI is InChI=1S/C14H13FN2O3/c1-8-2-3-9(15)6-12(8)17-11-4-5-20-7-10(11)13(16-17)14(18)19/h2-3,6H,4-5,7H2,1H3,(H,18,19). The van der Waals surface area contributed by atoms with Crippen LogP contribution in [0.3, 0.4) is 0 Å². The highest BCUT2D eigenvalue weighted by molar-refractivity contribution is 5.87. The molecular formula is C14H13FN2O3. The van der Waals surface area contributed by atoms with Gasteiger partial charge in [0.1, 0.15) is 5.82 Å². The molecule has 0 unspecified atom stereocenters. The van der Waals surface area contributed by atoms with Crippen LogP contribution < -0.4 is 0 Å². The fraction of sp³-hybridized carbons (Fsp3) is 0.286. The van der Waals surface area contributed by atoms with Crippen LogP contribution in [-0.4, -0.2) is 27.5 Å². The number of hydrogen-bond acceptors (Lipinski definition) is 3. The zero-order chi connectivity index (χ0) is 14.3. The Bertz CT molecular complexity index is 694. The summed E-state index contributed by atoms with van der Waals surface area (Å²) in [6, 6.07) is 4.39. The summed E-state index contributed by atoms with van der Waals surface area (Å²) in [5.74, 6) is -1.47. The number of aryl methyl sites for hydroxylation is 1. The van der Waals surface area contributed by atoms with Crippen molar-refractivity contribution in [3.8, 4) is 5.69 Å². The van der Waals surface area contributed by atoms with E-state index in [0.29, 0.717) is 24.3 Å². The number of aromatic carboxylic acids is 1. The van der Waals surface area contributed by atoms with Crippen LogP contribution in [0.5, 0.6) is 0 Å². The number of fused-ring (bicyclic) bond motifs is 1. The van der Waals surface area contributed by atoms with E-state index in [9.17, 15) is 14.3 Å². The first kappa shape index (κ1) is 12.8. The third kappa shape index (κ3) is 1.98. The predicted molar refractivity (Wildman–Crippen MR) is 68.6 cm³/mol. The number of nitrogens with zero attached hydrogens (tertiary/aromatic N) is 2. The molecule has 2 aromatic rings. The second-order valence-electron chi connectivity index (χ2n) is 4.72. The van der Waals surface area contributed by atoms with Crippen molar-refractivity contribution in [2.75, 3.05) is 6.61 Å². The summed E-state index contributed by atoms with van der Waals surface area (Å²) in [6.07, 6.45) is 0.561. The van der Waals surface area contributed by atoms with Crippen molar-refractivity contribution >= 4 is 5.97 Å². The molecule has 104 valence electrons. The summed E-state index contributed by atoms with van der Waals surface area (Å²) < 4.78 is 20.3. The topological polar surface area (TPSA) is 64.4 Å². The van der Waals surface area contributed by atoms with Crippen LogP contribution in [-0.2, 0) is 17.8 Å². The Morgan fingerprint density at radius 3 is 3.05 bits per heavy atom. The normalized spacial score (nSPS) is 14.1. The van der Waals surface area contributed by atoms with Crippen molar-refractivity contribution in [2.24, 2.45) is 0 Å². The van der Waals surface area contributed by atoms with E-state index in [4.69, 9.17) is 4.74 Å². The molecule has 1 aromatic carbocycles. The van der Waals surface area contributed by atoms with Crippen molar-refractivity contribution in [3.63, 3.8) is 0 Å². The van der Waals surface area contributed by atoms with Crippen molar-refractivity contribution < 1.29 is 19.0 Å². The minimum absolute atomic E-state index is 0.0247. The largest absolute Gasteiger partial charge is 0.476 e. The molecule has 20 heavy (non-hydrogen) atoms. The molecule has 1 aromatic heterocycles. The molecule has 1 N–H and O–H groups in total. The van der Waals surface area contributed by atoms with Gasteiger partial charge in [0.05, 0.1) is 24.6 Å². The smallest absolute Gasteiger partial charge is 0.356 e. The number of ether oxygens (including phenoxy) is 1. The van der Waals surface area contributed by atoms with Gasteiger partial charge < -0.3 is 9.84 Å². The Kier molecular flexibility index (Phi) is 3.02. The maximum Gasteiger partial charge on any atom is 0.356 e. The predicted octanol–water partition coefficient (Wildman–Crippen LogP) is 2.09. The fourth-order valence-corrected chi connectivity index (χ4v) is 2.42. The molecule has 0 spiro atoms. The number of hydrogen-bond donors (Lipinski definition) is 1. The van der Waals surface area contributed by atoms with E-state index in [-0.39, 0.29) is 18.1 Å². The molecule has 0 atom stereocenters. The summed E-state index contributed by atoms with van der Waals surface area (Å²) in [5.41, 5.74) is 2.73. The van der Waals surface area contributed by atoms with Crippen molar-refractivity contribution in [2.45, 2.75) is 20.0 Å². The first-order chi connectivity index (χ1) is 9.58. The number of rotatable bonds is 2. The summed E-state index contributed by atoms with van der Waals surface area (Å²) in [6.45, 7) is 2.57. The minimum atomic E-state index is -1.10. The van der Waals surface area contributed by atoms with Gasteiger partial charge in [0.15, 0.2) is 5.69 Å². The van der Waals surface area contributed by atoms with Gasteiger partial charge in [-0.25, -0.2) is 13.9 Å². The highest BCUT2D eigenvalue weighted by Crippen LogP contribution is 2.25. The molecule has 6 heteroatoms. The van der Waals surface area contributed by atoms with Gasteiger partial charge in [0, 0.05) is 12.0 Å². The molecule has 0 aliphatic carbocycles. The van der Waals surface area contributed by atoms with Gasteiger partial charge in [-0.1, -0.05) is 6.07 Å². The van der Waals surface area contributed by atoms with Gasteiger partial charge in [0.25, 0.3) is 0 Å². The summed E-state index contributed by atoms with van der Waals surface area (Å²) in [5, 5.41) is 13.4. The second kappa shape index (κ2) is 4.72.